The van der Waals surface area contributed by atoms with Crippen molar-refractivity contribution in [2.75, 3.05) is 52.5 Å². The molecular weight excluding hydrogens is 374 g/mol. The van der Waals surface area contributed by atoms with Gasteiger partial charge < -0.3 is 20.3 Å². The first-order valence-corrected chi connectivity index (χ1v) is 11.8. The van der Waals surface area contributed by atoms with E-state index >= 15 is 0 Å². The molecule has 0 aliphatic carbocycles. The Bertz CT molecular complexity index is 611. The highest BCUT2D eigenvalue weighted by atomic mass is 16.5. The quantitative estimate of drug-likeness (QED) is 0.404. The maximum atomic E-state index is 5.45. The van der Waals surface area contributed by atoms with Crippen LogP contribution in [0.1, 0.15) is 51.7 Å². The number of hydrogen-bond donors (Lipinski definition) is 2. The number of rotatable bonds is 12. The molecule has 0 saturated carbocycles. The molecule has 1 atom stereocenters. The van der Waals surface area contributed by atoms with Crippen LogP contribution in [0, 0.1) is 0 Å². The number of nitrogens with one attached hydrogen (secondary N) is 2. The van der Waals surface area contributed by atoms with Gasteiger partial charge in [0, 0.05) is 32.2 Å². The molecule has 1 heterocycles. The van der Waals surface area contributed by atoms with Gasteiger partial charge in [0.2, 0.25) is 0 Å². The second-order valence-corrected chi connectivity index (χ2v) is 8.12. The van der Waals surface area contributed by atoms with E-state index in [-0.39, 0.29) is 0 Å². The molecule has 30 heavy (non-hydrogen) atoms. The fourth-order valence-electron chi connectivity index (χ4n) is 3.80. The molecule has 0 bridgehead atoms. The first kappa shape index (κ1) is 24.6. The minimum Gasteiger partial charge on any atom is -0.379 e. The number of nitrogens with zero attached hydrogens (tertiary/aromatic N) is 3. The van der Waals surface area contributed by atoms with Gasteiger partial charge in [0.25, 0.3) is 0 Å². The Morgan fingerprint density at radius 2 is 1.90 bits per heavy atom. The van der Waals surface area contributed by atoms with E-state index < -0.39 is 0 Å². The van der Waals surface area contributed by atoms with Crippen molar-refractivity contribution in [1.29, 1.82) is 0 Å². The zero-order valence-corrected chi connectivity index (χ0v) is 19.6. The molecule has 6 nitrogen and oxygen atoms in total. The molecule has 1 saturated heterocycles. The van der Waals surface area contributed by atoms with Gasteiger partial charge in [-0.15, -0.1) is 0 Å². The van der Waals surface area contributed by atoms with Crippen molar-refractivity contribution in [2.24, 2.45) is 4.99 Å². The number of guanidine groups is 1. The summed E-state index contributed by atoms with van der Waals surface area (Å²) in [7, 11) is 0. The lowest BCUT2D eigenvalue weighted by Crippen LogP contribution is -2.42. The first-order valence-electron chi connectivity index (χ1n) is 11.8. The number of ether oxygens (including phenoxy) is 1. The third kappa shape index (κ3) is 9.45. The summed E-state index contributed by atoms with van der Waals surface area (Å²) < 4.78 is 5.45. The van der Waals surface area contributed by atoms with E-state index in [2.05, 4.69) is 72.4 Å². The fraction of sp³-hybridized carbons (Fsp3) is 0.708. The zero-order chi connectivity index (χ0) is 21.6. The van der Waals surface area contributed by atoms with E-state index in [0.29, 0.717) is 12.6 Å². The van der Waals surface area contributed by atoms with E-state index in [9.17, 15) is 0 Å². The Balaban J connectivity index is 1.84. The van der Waals surface area contributed by atoms with Gasteiger partial charge in [-0.25, -0.2) is 4.99 Å². The van der Waals surface area contributed by atoms with Gasteiger partial charge in [-0.1, -0.05) is 38.1 Å². The monoisotopic (exact) mass is 417 g/mol. The average molecular weight is 418 g/mol. The lowest BCUT2D eigenvalue weighted by Gasteiger charge is -2.26. The molecule has 1 aliphatic heterocycles. The highest BCUT2D eigenvalue weighted by Gasteiger charge is 2.11. The van der Waals surface area contributed by atoms with E-state index in [1.165, 1.54) is 24.1 Å². The number of aliphatic imine (C=N–C) groups is 1. The lowest BCUT2D eigenvalue weighted by atomic mass is 10.1. The Labute approximate surface area is 184 Å². The predicted molar refractivity (Wildman–Crippen MR) is 127 cm³/mol. The SMILES string of the molecule is CCNC(=NCc1cccc(CN2CCOCC2)c1)NC(C)CCCN(CC)CC. The Hall–Kier alpha value is -1.63. The van der Waals surface area contributed by atoms with Gasteiger partial charge in [0.15, 0.2) is 5.96 Å². The van der Waals surface area contributed by atoms with Crippen LogP contribution in [-0.4, -0.2) is 74.3 Å². The Morgan fingerprint density at radius 3 is 2.60 bits per heavy atom. The molecule has 0 aromatic heterocycles. The van der Waals surface area contributed by atoms with Gasteiger partial charge in [-0.2, -0.15) is 0 Å². The molecule has 2 N–H and O–H groups in total. The second kappa shape index (κ2) is 14.4. The highest BCUT2D eigenvalue weighted by Crippen LogP contribution is 2.11. The molecule has 2 rings (SSSR count). The van der Waals surface area contributed by atoms with Crippen molar-refractivity contribution < 1.29 is 4.74 Å². The molecule has 0 amide bonds. The van der Waals surface area contributed by atoms with Gasteiger partial charge in [0.1, 0.15) is 0 Å². The number of hydrogen-bond acceptors (Lipinski definition) is 4. The first-order chi connectivity index (χ1) is 14.6. The summed E-state index contributed by atoms with van der Waals surface area (Å²) in [6.45, 7) is 18.5. The maximum absolute atomic E-state index is 5.45. The van der Waals surface area contributed by atoms with Crippen LogP contribution in [0.4, 0.5) is 0 Å². The summed E-state index contributed by atoms with van der Waals surface area (Å²) >= 11 is 0. The van der Waals surface area contributed by atoms with Crippen LogP contribution in [0.2, 0.25) is 0 Å². The van der Waals surface area contributed by atoms with Crippen LogP contribution >= 0.6 is 0 Å². The van der Waals surface area contributed by atoms with Crippen molar-refractivity contribution in [1.82, 2.24) is 20.4 Å². The molecule has 1 fully saturated rings. The summed E-state index contributed by atoms with van der Waals surface area (Å²) in [6, 6.07) is 9.23. The van der Waals surface area contributed by atoms with Gasteiger partial charge in [-0.3, -0.25) is 4.90 Å². The lowest BCUT2D eigenvalue weighted by molar-refractivity contribution is 0.0342. The fourth-order valence-corrected chi connectivity index (χ4v) is 3.80. The van der Waals surface area contributed by atoms with Crippen LogP contribution < -0.4 is 10.6 Å². The Kier molecular flexibility index (Phi) is 11.8. The van der Waals surface area contributed by atoms with E-state index in [1.54, 1.807) is 0 Å². The molecule has 1 aromatic carbocycles. The normalized spacial score (nSPS) is 16.6. The smallest absolute Gasteiger partial charge is 0.191 e. The molecule has 0 radical (unpaired) electrons. The van der Waals surface area contributed by atoms with Crippen molar-refractivity contribution >= 4 is 5.96 Å². The van der Waals surface area contributed by atoms with Crippen molar-refractivity contribution in [3.63, 3.8) is 0 Å². The summed E-state index contributed by atoms with van der Waals surface area (Å²) in [5.74, 6) is 0.909. The molecule has 1 unspecified atom stereocenters. The molecule has 6 heteroatoms. The van der Waals surface area contributed by atoms with Gasteiger partial charge in [0.05, 0.1) is 19.8 Å². The molecule has 170 valence electrons. The summed E-state index contributed by atoms with van der Waals surface area (Å²) in [4.78, 5) is 9.78. The topological polar surface area (TPSA) is 52.1 Å². The highest BCUT2D eigenvalue weighted by molar-refractivity contribution is 5.80. The molecule has 1 aliphatic rings. The van der Waals surface area contributed by atoms with Gasteiger partial charge in [-0.05, 0) is 57.5 Å². The standard InChI is InChI=1S/C24H43N5O/c1-5-25-24(27-21(4)10-9-13-28(6-2)7-3)26-19-22-11-8-12-23(18-22)20-29-14-16-30-17-15-29/h8,11-12,18,21H,5-7,9-10,13-17,19-20H2,1-4H3,(H2,25,26,27). The van der Waals surface area contributed by atoms with Crippen LogP contribution in [0.25, 0.3) is 0 Å². The minimum atomic E-state index is 0.408. The van der Waals surface area contributed by atoms with E-state index in [1.807, 2.05) is 0 Å². The van der Waals surface area contributed by atoms with E-state index in [4.69, 9.17) is 9.73 Å². The van der Waals surface area contributed by atoms with Crippen LogP contribution in [0.5, 0.6) is 0 Å². The summed E-state index contributed by atoms with van der Waals surface area (Å²) in [5, 5.41) is 6.97. The zero-order valence-electron chi connectivity index (χ0n) is 19.6. The third-order valence-corrected chi connectivity index (χ3v) is 5.65. The van der Waals surface area contributed by atoms with Gasteiger partial charge >= 0.3 is 0 Å². The average Bonchev–Trinajstić information content (AvgIpc) is 2.76. The van der Waals surface area contributed by atoms with E-state index in [0.717, 1.165) is 64.9 Å². The minimum absolute atomic E-state index is 0.408. The third-order valence-electron chi connectivity index (χ3n) is 5.65. The number of morpholine rings is 1. The van der Waals surface area contributed by atoms with Crippen molar-refractivity contribution in [3.8, 4) is 0 Å². The number of benzene rings is 1. The van der Waals surface area contributed by atoms with Crippen LogP contribution in [0.3, 0.4) is 0 Å². The summed E-state index contributed by atoms with van der Waals surface area (Å²) in [6.07, 6.45) is 2.36. The van der Waals surface area contributed by atoms with Crippen LogP contribution in [0.15, 0.2) is 29.3 Å². The van der Waals surface area contributed by atoms with Crippen molar-refractivity contribution in [3.05, 3.63) is 35.4 Å². The Morgan fingerprint density at radius 1 is 1.17 bits per heavy atom. The largest absolute Gasteiger partial charge is 0.379 e. The summed E-state index contributed by atoms with van der Waals surface area (Å²) in [5.41, 5.74) is 2.61. The molecule has 0 spiro atoms. The maximum Gasteiger partial charge on any atom is 0.191 e. The van der Waals surface area contributed by atoms with Crippen molar-refractivity contribution in [2.45, 2.75) is 59.7 Å². The predicted octanol–water partition coefficient (Wildman–Crippen LogP) is 3.08. The second-order valence-electron chi connectivity index (χ2n) is 8.12. The molecule has 1 aromatic rings. The van der Waals surface area contributed by atoms with Crippen LogP contribution in [-0.2, 0) is 17.8 Å². The molecular formula is C24H43N5O.